The molecule has 0 radical (unpaired) electrons. The van der Waals surface area contributed by atoms with E-state index in [1.807, 2.05) is 33.8 Å². The second-order valence-corrected chi connectivity index (χ2v) is 7.73. The third-order valence-electron chi connectivity index (χ3n) is 3.68. The van der Waals surface area contributed by atoms with Crippen LogP contribution in [0.2, 0.25) is 0 Å². The summed E-state index contributed by atoms with van der Waals surface area (Å²) >= 11 is 3.45. The monoisotopic (exact) mass is 399 g/mol. The Morgan fingerprint density at radius 2 is 2.12 bits per heavy atom. The van der Waals surface area contributed by atoms with Gasteiger partial charge >= 0.3 is 6.09 Å². The van der Waals surface area contributed by atoms with Crippen molar-refractivity contribution in [2.45, 2.75) is 46.3 Å². The third-order valence-corrected chi connectivity index (χ3v) is 4.27. The van der Waals surface area contributed by atoms with Crippen LogP contribution in [-0.4, -0.2) is 53.9 Å². The molecule has 1 atom stereocenters. The molecule has 0 spiro atoms. The van der Waals surface area contributed by atoms with E-state index >= 15 is 0 Å². The molecular weight excluding hydrogens is 374 g/mol. The lowest BCUT2D eigenvalue weighted by Gasteiger charge is -2.40. The lowest BCUT2D eigenvalue weighted by molar-refractivity contribution is 0.0218. The molecule has 24 heavy (non-hydrogen) atoms. The molecule has 2 rings (SSSR count). The van der Waals surface area contributed by atoms with Crippen molar-refractivity contribution in [2.24, 2.45) is 0 Å². The van der Waals surface area contributed by atoms with Gasteiger partial charge in [0.05, 0.1) is 11.1 Å². The summed E-state index contributed by atoms with van der Waals surface area (Å²) in [5.41, 5.74) is -0.475. The zero-order valence-corrected chi connectivity index (χ0v) is 16.6. The van der Waals surface area contributed by atoms with Crippen LogP contribution in [0.1, 0.15) is 34.6 Å². The molecule has 1 saturated heterocycles. The normalized spacial score (nSPS) is 18.5. The average Bonchev–Trinajstić information content (AvgIpc) is 2.48. The minimum Gasteiger partial charge on any atom is -0.492 e. The molecule has 1 amide bonds. The number of ether oxygens (including phenoxy) is 2. The highest BCUT2D eigenvalue weighted by atomic mass is 79.9. The van der Waals surface area contributed by atoms with Crippen LogP contribution in [0.4, 0.5) is 10.6 Å². The minimum atomic E-state index is -0.475. The van der Waals surface area contributed by atoms with E-state index in [1.54, 1.807) is 11.1 Å². The smallest absolute Gasteiger partial charge is 0.410 e. The van der Waals surface area contributed by atoms with E-state index in [0.717, 1.165) is 16.0 Å². The summed E-state index contributed by atoms with van der Waals surface area (Å²) < 4.78 is 11.9. The number of halogens is 1. The maximum atomic E-state index is 12.2. The first-order chi connectivity index (χ1) is 11.2. The highest BCUT2D eigenvalue weighted by molar-refractivity contribution is 9.10. The molecule has 1 fully saturated rings. The summed E-state index contributed by atoms with van der Waals surface area (Å²) in [6.07, 6.45) is 1.50. The fraction of sp³-hybridized carbons (Fsp3) is 0.647. The molecule has 7 heteroatoms. The summed E-state index contributed by atoms with van der Waals surface area (Å²) in [5.74, 6) is 1.64. The first kappa shape index (κ1) is 18.8. The van der Waals surface area contributed by atoms with Crippen molar-refractivity contribution in [3.05, 3.63) is 16.7 Å². The second-order valence-electron chi connectivity index (χ2n) is 6.87. The molecule has 0 aliphatic carbocycles. The molecule has 1 aromatic rings. The van der Waals surface area contributed by atoms with E-state index in [2.05, 4.69) is 32.7 Å². The Hall–Kier alpha value is -1.50. The minimum absolute atomic E-state index is 0.148. The van der Waals surface area contributed by atoms with Gasteiger partial charge in [0.15, 0.2) is 0 Å². The van der Waals surface area contributed by atoms with Crippen molar-refractivity contribution in [1.82, 2.24) is 9.88 Å². The quantitative estimate of drug-likeness (QED) is 0.775. The van der Waals surface area contributed by atoms with E-state index in [0.29, 0.717) is 26.2 Å². The molecule has 0 aromatic carbocycles. The maximum Gasteiger partial charge on any atom is 0.410 e. The van der Waals surface area contributed by atoms with Gasteiger partial charge in [0.2, 0.25) is 0 Å². The van der Waals surface area contributed by atoms with Gasteiger partial charge in [-0.15, -0.1) is 0 Å². The Kier molecular flexibility index (Phi) is 5.96. The molecule has 1 aromatic heterocycles. The fourth-order valence-electron chi connectivity index (χ4n) is 2.62. The molecule has 6 nitrogen and oxygen atoms in total. The highest BCUT2D eigenvalue weighted by Gasteiger charge is 2.30. The predicted octanol–water partition coefficient (Wildman–Crippen LogP) is 3.69. The molecule has 1 aliphatic heterocycles. The van der Waals surface area contributed by atoms with E-state index in [9.17, 15) is 4.79 Å². The van der Waals surface area contributed by atoms with Gasteiger partial charge in [-0.2, -0.15) is 0 Å². The summed E-state index contributed by atoms with van der Waals surface area (Å²) in [7, 11) is 0. The molecule has 134 valence electrons. The molecule has 2 heterocycles. The molecule has 0 bridgehead atoms. The maximum absolute atomic E-state index is 12.2. The average molecular weight is 400 g/mol. The van der Waals surface area contributed by atoms with Crippen LogP contribution in [-0.2, 0) is 4.74 Å². The lowest BCUT2D eigenvalue weighted by Crippen LogP contribution is -2.54. The fourth-order valence-corrected chi connectivity index (χ4v) is 2.95. The molecule has 0 unspecified atom stereocenters. The Labute approximate surface area is 152 Å². The number of hydrogen-bond donors (Lipinski definition) is 0. The van der Waals surface area contributed by atoms with E-state index in [4.69, 9.17) is 9.47 Å². The Morgan fingerprint density at radius 3 is 2.71 bits per heavy atom. The van der Waals surface area contributed by atoms with E-state index < -0.39 is 5.60 Å². The third kappa shape index (κ3) is 4.75. The number of rotatable bonds is 3. The van der Waals surface area contributed by atoms with Crippen molar-refractivity contribution >= 4 is 27.8 Å². The zero-order valence-electron chi connectivity index (χ0n) is 15.0. The van der Waals surface area contributed by atoms with Crippen molar-refractivity contribution in [2.75, 3.05) is 31.1 Å². The summed E-state index contributed by atoms with van der Waals surface area (Å²) in [4.78, 5) is 20.7. The number of carbonyl (C=O) groups excluding carboxylic acids is 1. The summed E-state index contributed by atoms with van der Waals surface area (Å²) in [6, 6.07) is 2.09. The van der Waals surface area contributed by atoms with Gasteiger partial charge < -0.3 is 19.3 Å². The summed E-state index contributed by atoms with van der Waals surface area (Å²) in [6.45, 7) is 12.2. The number of nitrogens with zero attached hydrogens (tertiary/aromatic N) is 3. The number of piperazine rings is 1. The number of aromatic nitrogens is 1. The van der Waals surface area contributed by atoms with Crippen LogP contribution < -0.4 is 9.64 Å². The standard InChI is InChI=1S/C17H26BrN3O3/c1-6-23-14-9-15(19-10-13(14)18)21-8-7-20(11-12(21)2)16(22)24-17(3,4)5/h9-10,12H,6-8,11H2,1-5H3/t12-/m0/s1. The SMILES string of the molecule is CCOc1cc(N2CCN(C(=O)OC(C)(C)C)C[C@@H]2C)ncc1Br. The van der Waals surface area contributed by atoms with Gasteiger partial charge in [0.1, 0.15) is 17.2 Å². The van der Waals surface area contributed by atoms with Gasteiger partial charge in [0, 0.05) is 37.9 Å². The first-order valence-electron chi connectivity index (χ1n) is 8.24. The Bertz CT molecular complexity index is 589. The highest BCUT2D eigenvalue weighted by Crippen LogP contribution is 2.29. The van der Waals surface area contributed by atoms with Gasteiger partial charge in [-0.05, 0) is 50.5 Å². The second kappa shape index (κ2) is 7.59. The van der Waals surface area contributed by atoms with Crippen molar-refractivity contribution in [1.29, 1.82) is 0 Å². The number of hydrogen-bond acceptors (Lipinski definition) is 5. The number of anilines is 1. The van der Waals surface area contributed by atoms with Crippen molar-refractivity contribution in [3.8, 4) is 5.75 Å². The molecule has 0 saturated carbocycles. The van der Waals surface area contributed by atoms with E-state index in [1.165, 1.54) is 0 Å². The van der Waals surface area contributed by atoms with Crippen molar-refractivity contribution in [3.63, 3.8) is 0 Å². The van der Waals surface area contributed by atoms with Crippen LogP contribution >= 0.6 is 15.9 Å². The summed E-state index contributed by atoms with van der Waals surface area (Å²) in [5, 5.41) is 0. The van der Waals surface area contributed by atoms with Crippen molar-refractivity contribution < 1.29 is 14.3 Å². The van der Waals surface area contributed by atoms with Crippen LogP contribution in [0.25, 0.3) is 0 Å². The van der Waals surface area contributed by atoms with Crippen LogP contribution in [0.15, 0.2) is 16.7 Å². The predicted molar refractivity (Wildman–Crippen MR) is 97.7 cm³/mol. The lowest BCUT2D eigenvalue weighted by atomic mass is 10.2. The molecule has 1 aliphatic rings. The van der Waals surface area contributed by atoms with E-state index in [-0.39, 0.29) is 12.1 Å². The number of amides is 1. The largest absolute Gasteiger partial charge is 0.492 e. The Morgan fingerprint density at radius 1 is 1.42 bits per heavy atom. The van der Waals surface area contributed by atoms with Crippen LogP contribution in [0.5, 0.6) is 5.75 Å². The first-order valence-corrected chi connectivity index (χ1v) is 9.03. The van der Waals surface area contributed by atoms with Crippen LogP contribution in [0.3, 0.4) is 0 Å². The molecular formula is C17H26BrN3O3. The number of carbonyl (C=O) groups is 1. The van der Waals surface area contributed by atoms with Gasteiger partial charge in [-0.25, -0.2) is 9.78 Å². The van der Waals surface area contributed by atoms with Crippen LogP contribution in [0, 0.1) is 0 Å². The Balaban J connectivity index is 2.06. The van der Waals surface area contributed by atoms with Gasteiger partial charge in [-0.1, -0.05) is 0 Å². The topological polar surface area (TPSA) is 54.9 Å². The zero-order chi connectivity index (χ0) is 17.9. The van der Waals surface area contributed by atoms with Gasteiger partial charge in [0.25, 0.3) is 0 Å². The van der Waals surface area contributed by atoms with Gasteiger partial charge in [-0.3, -0.25) is 0 Å². The molecule has 0 N–H and O–H groups in total. The number of pyridine rings is 1.